The molecule has 1 aliphatic carbocycles. The van der Waals surface area contributed by atoms with Gasteiger partial charge in [-0.05, 0) is 37.7 Å². The van der Waals surface area contributed by atoms with Crippen molar-refractivity contribution in [2.24, 2.45) is 5.92 Å². The van der Waals surface area contributed by atoms with E-state index in [1.54, 1.807) is 4.31 Å². The Morgan fingerprint density at radius 2 is 2.00 bits per heavy atom. The highest BCUT2D eigenvalue weighted by molar-refractivity contribution is 7.89. The summed E-state index contributed by atoms with van der Waals surface area (Å²) in [7, 11) is -2.97. The maximum atomic E-state index is 11.8. The molecule has 1 aliphatic heterocycles. The molecule has 0 radical (unpaired) electrons. The van der Waals surface area contributed by atoms with Crippen LogP contribution in [0.2, 0.25) is 0 Å². The lowest BCUT2D eigenvalue weighted by molar-refractivity contribution is 0.403. The van der Waals surface area contributed by atoms with Crippen LogP contribution < -0.4 is 5.32 Å². The summed E-state index contributed by atoms with van der Waals surface area (Å²) in [6, 6.07) is 9.06. The largest absolute Gasteiger partial charge is 0.308 e. The topological polar surface area (TPSA) is 49.4 Å². The number of aryl methyl sites for hydroxylation is 1. The molecule has 1 aromatic carbocycles. The molecule has 2 aliphatic rings. The third-order valence-corrected chi connectivity index (χ3v) is 6.42. The van der Waals surface area contributed by atoms with Gasteiger partial charge in [-0.3, -0.25) is 0 Å². The highest BCUT2D eigenvalue weighted by atomic mass is 32.2. The number of hydrogen-bond acceptors (Lipinski definition) is 3. The molecule has 1 saturated carbocycles. The van der Waals surface area contributed by atoms with Crippen molar-refractivity contribution in [2.75, 3.05) is 25.4 Å². The van der Waals surface area contributed by atoms with Gasteiger partial charge in [0.15, 0.2) is 0 Å². The van der Waals surface area contributed by atoms with Crippen LogP contribution in [0.15, 0.2) is 24.3 Å². The minimum Gasteiger partial charge on any atom is -0.308 e. The first kappa shape index (κ1) is 15.0. The van der Waals surface area contributed by atoms with Crippen LogP contribution in [0.25, 0.3) is 0 Å². The molecule has 0 bridgehead atoms. The Morgan fingerprint density at radius 3 is 2.57 bits per heavy atom. The molecule has 0 amide bonds. The molecular weight excluding hydrogens is 284 g/mol. The molecule has 0 spiro atoms. The van der Waals surface area contributed by atoms with Crippen LogP contribution in [0, 0.1) is 12.8 Å². The van der Waals surface area contributed by atoms with E-state index >= 15 is 0 Å². The molecule has 1 aromatic rings. The van der Waals surface area contributed by atoms with Gasteiger partial charge in [-0.1, -0.05) is 29.8 Å². The van der Waals surface area contributed by atoms with Gasteiger partial charge in [0.05, 0.1) is 5.75 Å². The molecule has 1 N–H and O–H groups in total. The highest BCUT2D eigenvalue weighted by Crippen LogP contribution is 2.40. The van der Waals surface area contributed by atoms with Crippen molar-refractivity contribution in [2.45, 2.75) is 32.2 Å². The van der Waals surface area contributed by atoms with E-state index in [1.165, 1.54) is 24.0 Å². The molecule has 3 rings (SSSR count). The van der Waals surface area contributed by atoms with Gasteiger partial charge in [0.2, 0.25) is 10.0 Å². The number of nitrogens with zero attached hydrogens (tertiary/aromatic N) is 1. The molecular formula is C16H24N2O2S. The van der Waals surface area contributed by atoms with E-state index in [-0.39, 0.29) is 0 Å². The summed E-state index contributed by atoms with van der Waals surface area (Å²) < 4.78 is 25.2. The summed E-state index contributed by atoms with van der Waals surface area (Å²) in [5.74, 6) is 1.03. The smallest absolute Gasteiger partial charge is 0.214 e. The zero-order valence-corrected chi connectivity index (χ0v) is 13.4. The second-order valence-electron chi connectivity index (χ2n) is 6.25. The Morgan fingerprint density at radius 1 is 1.29 bits per heavy atom. The maximum absolute atomic E-state index is 11.8. The van der Waals surface area contributed by atoms with Gasteiger partial charge < -0.3 is 5.32 Å². The molecule has 1 atom stereocenters. The maximum Gasteiger partial charge on any atom is 0.214 e. The van der Waals surface area contributed by atoms with Crippen LogP contribution in [-0.4, -0.2) is 38.1 Å². The summed E-state index contributed by atoms with van der Waals surface area (Å²) in [6.07, 6.45) is 3.31. The first-order chi connectivity index (χ1) is 10.1. The predicted molar refractivity (Wildman–Crippen MR) is 84.6 cm³/mol. The van der Waals surface area contributed by atoms with Crippen LogP contribution in [0.4, 0.5) is 0 Å². The number of rotatable bonds is 6. The van der Waals surface area contributed by atoms with Gasteiger partial charge in [0, 0.05) is 25.7 Å². The molecule has 0 unspecified atom stereocenters. The molecule has 1 saturated heterocycles. The molecule has 21 heavy (non-hydrogen) atoms. The Balaban J connectivity index is 1.58. The highest BCUT2D eigenvalue weighted by Gasteiger charge is 2.33. The quantitative estimate of drug-likeness (QED) is 0.875. The van der Waals surface area contributed by atoms with E-state index in [2.05, 4.69) is 36.5 Å². The van der Waals surface area contributed by atoms with E-state index in [4.69, 9.17) is 0 Å². The number of hydrogen-bond donors (Lipinski definition) is 1. The van der Waals surface area contributed by atoms with E-state index < -0.39 is 10.0 Å². The standard InChI is InChI=1S/C16H24N2O2S/c1-13-3-5-14(6-4-13)16(15-7-8-15)17-9-11-18-10-2-12-21(18,19)20/h3-6,15-17H,2,7-12H2,1H3/t16-/m0/s1. The summed E-state index contributed by atoms with van der Waals surface area (Å²) in [5, 5.41) is 3.58. The monoisotopic (exact) mass is 308 g/mol. The van der Waals surface area contributed by atoms with Crippen molar-refractivity contribution in [1.82, 2.24) is 9.62 Å². The van der Waals surface area contributed by atoms with Crippen LogP contribution in [0.5, 0.6) is 0 Å². The molecule has 1 heterocycles. The second-order valence-corrected chi connectivity index (χ2v) is 8.34. The normalized spacial score (nSPS) is 23.3. The van der Waals surface area contributed by atoms with Gasteiger partial charge >= 0.3 is 0 Å². The number of benzene rings is 1. The zero-order valence-electron chi connectivity index (χ0n) is 12.6. The average molecular weight is 308 g/mol. The van der Waals surface area contributed by atoms with Gasteiger partial charge in [-0.2, -0.15) is 0 Å². The lowest BCUT2D eigenvalue weighted by Crippen LogP contribution is -2.35. The second kappa shape index (κ2) is 6.07. The molecule has 4 nitrogen and oxygen atoms in total. The Bertz CT molecular complexity index is 579. The van der Waals surface area contributed by atoms with Crippen LogP contribution in [0.1, 0.15) is 36.4 Å². The van der Waals surface area contributed by atoms with E-state index in [0.717, 1.165) is 13.0 Å². The minimum absolute atomic E-state index is 0.316. The van der Waals surface area contributed by atoms with Crippen molar-refractivity contribution >= 4 is 10.0 Å². The van der Waals surface area contributed by atoms with E-state index in [0.29, 0.717) is 30.8 Å². The summed E-state index contributed by atoms with van der Waals surface area (Å²) in [6.45, 7) is 4.11. The van der Waals surface area contributed by atoms with Gasteiger partial charge in [0.1, 0.15) is 0 Å². The van der Waals surface area contributed by atoms with E-state index in [1.807, 2.05) is 0 Å². The van der Waals surface area contributed by atoms with E-state index in [9.17, 15) is 8.42 Å². The lowest BCUT2D eigenvalue weighted by atomic mass is 10.0. The minimum atomic E-state index is -2.97. The average Bonchev–Trinajstić information content (AvgIpc) is 3.22. The predicted octanol–water partition coefficient (Wildman–Crippen LogP) is 2.07. The van der Waals surface area contributed by atoms with Crippen molar-refractivity contribution in [3.05, 3.63) is 35.4 Å². The Labute approximate surface area is 127 Å². The number of nitrogens with one attached hydrogen (secondary N) is 1. The lowest BCUT2D eigenvalue weighted by Gasteiger charge is -2.21. The summed E-state index contributed by atoms with van der Waals surface area (Å²) >= 11 is 0. The summed E-state index contributed by atoms with van der Waals surface area (Å²) in [5.41, 5.74) is 2.60. The fraction of sp³-hybridized carbons (Fsp3) is 0.625. The van der Waals surface area contributed by atoms with Crippen molar-refractivity contribution in [1.29, 1.82) is 0 Å². The zero-order chi connectivity index (χ0) is 14.9. The van der Waals surface area contributed by atoms with Gasteiger partial charge in [-0.25, -0.2) is 12.7 Å². The molecule has 116 valence electrons. The Kier molecular flexibility index (Phi) is 4.33. The van der Waals surface area contributed by atoms with Gasteiger partial charge in [0.25, 0.3) is 0 Å². The molecule has 5 heteroatoms. The third-order valence-electron chi connectivity index (χ3n) is 4.46. The van der Waals surface area contributed by atoms with Gasteiger partial charge in [-0.15, -0.1) is 0 Å². The van der Waals surface area contributed by atoms with Crippen molar-refractivity contribution < 1.29 is 8.42 Å². The first-order valence-electron chi connectivity index (χ1n) is 7.84. The van der Waals surface area contributed by atoms with Crippen molar-refractivity contribution in [3.8, 4) is 0 Å². The molecule has 2 fully saturated rings. The third kappa shape index (κ3) is 3.65. The summed E-state index contributed by atoms with van der Waals surface area (Å²) in [4.78, 5) is 0. The fourth-order valence-electron chi connectivity index (χ4n) is 3.05. The molecule has 0 aromatic heterocycles. The van der Waals surface area contributed by atoms with Crippen LogP contribution in [0.3, 0.4) is 0 Å². The SMILES string of the molecule is Cc1ccc([C@H](NCCN2CCCS2(=O)=O)C2CC2)cc1. The fourth-order valence-corrected chi connectivity index (χ4v) is 4.58. The van der Waals surface area contributed by atoms with Crippen LogP contribution in [-0.2, 0) is 10.0 Å². The first-order valence-corrected chi connectivity index (χ1v) is 9.45. The Hall–Kier alpha value is -0.910. The number of sulfonamides is 1. The van der Waals surface area contributed by atoms with Crippen molar-refractivity contribution in [3.63, 3.8) is 0 Å². The van der Waals surface area contributed by atoms with Crippen LogP contribution >= 0.6 is 0 Å².